The summed E-state index contributed by atoms with van der Waals surface area (Å²) in [7, 11) is 0. The maximum Gasteiger partial charge on any atom is 0.215 e. The third kappa shape index (κ3) is 3.01. The van der Waals surface area contributed by atoms with Gasteiger partial charge in [0, 0.05) is 16.2 Å². The third-order valence-corrected chi connectivity index (χ3v) is 8.70. The van der Waals surface area contributed by atoms with Gasteiger partial charge in [-0.3, -0.25) is 0 Å². The van der Waals surface area contributed by atoms with Gasteiger partial charge < -0.3 is 14.5 Å². The molecule has 9 rings (SSSR count). The normalized spacial score (nSPS) is 13.8. The maximum atomic E-state index is 4.98. The molecule has 0 saturated carbocycles. The van der Waals surface area contributed by atoms with Gasteiger partial charge in [0.15, 0.2) is 0 Å². The Kier molecular flexibility index (Phi) is 4.30. The predicted molar refractivity (Wildman–Crippen MR) is 167 cm³/mol. The smallest absolute Gasteiger partial charge is 0.215 e. The number of nitrogens with one attached hydrogen (secondary N) is 2. The van der Waals surface area contributed by atoms with Gasteiger partial charge in [0.2, 0.25) is 11.9 Å². The molecular weight excluding hydrogens is 504 g/mol. The highest BCUT2D eigenvalue weighted by Gasteiger charge is 2.35. The Labute approximate surface area is 235 Å². The van der Waals surface area contributed by atoms with Crippen LogP contribution in [0.1, 0.15) is 25.0 Å². The van der Waals surface area contributed by atoms with Gasteiger partial charge in [-0.25, -0.2) is 14.9 Å². The van der Waals surface area contributed by atoms with Crippen LogP contribution in [0.4, 0.5) is 17.6 Å². The van der Waals surface area contributed by atoms with Gasteiger partial charge in [-0.2, -0.15) is 0 Å². The Morgan fingerprint density at radius 2 is 1.27 bits per heavy atom. The minimum Gasteiger partial charge on any atom is -0.323 e. The molecule has 0 saturated heterocycles. The fraction of sp³-hybridized carbons (Fsp3) is 0.0857. The topological polar surface area (TPSA) is 65.5 Å². The van der Waals surface area contributed by atoms with Crippen LogP contribution in [0.2, 0.25) is 0 Å². The average Bonchev–Trinajstić information content (AvgIpc) is 3.70. The summed E-state index contributed by atoms with van der Waals surface area (Å²) in [5.41, 5.74) is 11.1. The molecule has 196 valence electrons. The second-order valence-corrected chi connectivity index (χ2v) is 11.4. The van der Waals surface area contributed by atoms with Crippen molar-refractivity contribution in [2.45, 2.75) is 19.3 Å². The number of aromatic nitrogens is 5. The van der Waals surface area contributed by atoms with Crippen molar-refractivity contribution in [3.05, 3.63) is 120 Å². The number of nitrogens with zero attached hydrogens (tertiary/aromatic N) is 4. The van der Waals surface area contributed by atoms with E-state index in [9.17, 15) is 0 Å². The van der Waals surface area contributed by atoms with Gasteiger partial charge in [0.05, 0.1) is 44.5 Å². The van der Waals surface area contributed by atoms with E-state index in [1.165, 1.54) is 38.6 Å². The van der Waals surface area contributed by atoms with E-state index in [2.05, 4.69) is 106 Å². The summed E-state index contributed by atoms with van der Waals surface area (Å²) in [6, 6.07) is 38.4. The molecule has 0 fully saturated rings. The first-order chi connectivity index (χ1) is 20.1. The number of anilines is 3. The van der Waals surface area contributed by atoms with E-state index >= 15 is 0 Å². The van der Waals surface area contributed by atoms with Crippen molar-refractivity contribution in [1.82, 2.24) is 24.5 Å². The minimum absolute atomic E-state index is 0.0993. The van der Waals surface area contributed by atoms with Gasteiger partial charge in [0.1, 0.15) is 0 Å². The molecule has 1 aliphatic heterocycles. The van der Waals surface area contributed by atoms with Crippen LogP contribution in [0, 0.1) is 0 Å². The van der Waals surface area contributed by atoms with Crippen LogP contribution in [-0.2, 0) is 5.41 Å². The van der Waals surface area contributed by atoms with Crippen LogP contribution in [0.25, 0.3) is 49.6 Å². The van der Waals surface area contributed by atoms with E-state index in [1.807, 2.05) is 36.4 Å². The lowest BCUT2D eigenvalue weighted by atomic mass is 9.75. The van der Waals surface area contributed by atoms with Crippen molar-refractivity contribution in [2.24, 2.45) is 0 Å². The lowest BCUT2D eigenvalue weighted by Gasteiger charge is -2.34. The molecular formula is C35H26N6. The van der Waals surface area contributed by atoms with Gasteiger partial charge >= 0.3 is 0 Å². The third-order valence-electron chi connectivity index (χ3n) is 8.70. The number of benzene rings is 5. The second kappa shape index (κ2) is 7.86. The van der Waals surface area contributed by atoms with E-state index in [4.69, 9.17) is 9.97 Å². The molecule has 0 bridgehead atoms. The predicted octanol–water partition coefficient (Wildman–Crippen LogP) is 8.65. The number of aromatic amines is 2. The van der Waals surface area contributed by atoms with Crippen molar-refractivity contribution in [2.75, 3.05) is 4.90 Å². The van der Waals surface area contributed by atoms with Gasteiger partial charge in [0.25, 0.3) is 0 Å². The van der Waals surface area contributed by atoms with Crippen molar-refractivity contribution < 1.29 is 0 Å². The van der Waals surface area contributed by atoms with Crippen LogP contribution in [0.3, 0.4) is 0 Å². The monoisotopic (exact) mass is 530 g/mol. The molecule has 2 N–H and O–H groups in total. The van der Waals surface area contributed by atoms with Gasteiger partial charge in [-0.05, 0) is 59.7 Å². The largest absolute Gasteiger partial charge is 0.323 e. The zero-order valence-corrected chi connectivity index (χ0v) is 22.7. The maximum absolute atomic E-state index is 4.98. The van der Waals surface area contributed by atoms with Crippen LogP contribution in [0.15, 0.2) is 109 Å². The Bertz CT molecular complexity index is 2170. The first kappa shape index (κ1) is 22.5. The van der Waals surface area contributed by atoms with Crippen LogP contribution < -0.4 is 4.90 Å². The molecule has 6 nitrogen and oxygen atoms in total. The highest BCUT2D eigenvalue weighted by molar-refractivity contribution is 6.12. The summed E-state index contributed by atoms with van der Waals surface area (Å²) in [5.74, 6) is 1.43. The zero-order chi connectivity index (χ0) is 27.3. The SMILES string of the molecule is CC1(C)c2ccccc2-n2c3ccc(N(c4nc5ccccc5[nH]4)c4nc5ccccc5[nH]4)cc3c3cccc1c32. The molecule has 0 spiro atoms. The molecule has 0 amide bonds. The van der Waals surface area contributed by atoms with Crippen molar-refractivity contribution in [3.8, 4) is 5.69 Å². The van der Waals surface area contributed by atoms with E-state index in [-0.39, 0.29) is 5.41 Å². The van der Waals surface area contributed by atoms with Crippen molar-refractivity contribution in [3.63, 3.8) is 0 Å². The summed E-state index contributed by atoms with van der Waals surface area (Å²) in [6.07, 6.45) is 0. The Morgan fingerprint density at radius 1 is 0.634 bits per heavy atom. The molecule has 8 aromatic rings. The zero-order valence-electron chi connectivity index (χ0n) is 22.7. The lowest BCUT2D eigenvalue weighted by molar-refractivity contribution is 0.630. The molecule has 41 heavy (non-hydrogen) atoms. The van der Waals surface area contributed by atoms with Crippen molar-refractivity contribution >= 4 is 61.5 Å². The second-order valence-electron chi connectivity index (χ2n) is 11.4. The number of H-pyrrole nitrogens is 2. The average molecular weight is 531 g/mol. The summed E-state index contributed by atoms with van der Waals surface area (Å²) in [4.78, 5) is 19.1. The summed E-state index contributed by atoms with van der Waals surface area (Å²) in [6.45, 7) is 4.66. The number of hydrogen-bond donors (Lipinski definition) is 2. The minimum atomic E-state index is -0.0993. The van der Waals surface area contributed by atoms with E-state index in [0.29, 0.717) is 11.9 Å². The molecule has 4 heterocycles. The van der Waals surface area contributed by atoms with E-state index in [0.717, 1.165) is 27.8 Å². The summed E-state index contributed by atoms with van der Waals surface area (Å²) in [5, 5.41) is 2.44. The van der Waals surface area contributed by atoms with Crippen molar-refractivity contribution in [1.29, 1.82) is 0 Å². The number of hydrogen-bond acceptors (Lipinski definition) is 3. The van der Waals surface area contributed by atoms with Gasteiger partial charge in [-0.15, -0.1) is 0 Å². The first-order valence-electron chi connectivity index (χ1n) is 14.0. The van der Waals surface area contributed by atoms with E-state index in [1.54, 1.807) is 0 Å². The van der Waals surface area contributed by atoms with Crippen LogP contribution >= 0.6 is 0 Å². The summed E-state index contributed by atoms with van der Waals surface area (Å²) < 4.78 is 2.44. The van der Waals surface area contributed by atoms with Crippen LogP contribution in [-0.4, -0.2) is 24.5 Å². The Morgan fingerprint density at radius 3 is 1.98 bits per heavy atom. The molecule has 3 aromatic heterocycles. The molecule has 1 aliphatic rings. The molecule has 0 aliphatic carbocycles. The molecule has 0 unspecified atom stereocenters. The Hall–Kier alpha value is -5.36. The molecule has 0 atom stereocenters. The highest BCUT2D eigenvalue weighted by atomic mass is 15.3. The fourth-order valence-electron chi connectivity index (χ4n) is 6.73. The molecule has 0 radical (unpaired) electrons. The quantitative estimate of drug-likeness (QED) is 0.240. The summed E-state index contributed by atoms with van der Waals surface area (Å²) >= 11 is 0. The number of fused-ring (bicyclic) bond motifs is 7. The lowest BCUT2D eigenvalue weighted by Crippen LogP contribution is -2.26. The molecule has 5 aromatic carbocycles. The first-order valence-corrected chi connectivity index (χ1v) is 14.0. The molecule has 6 heteroatoms. The number of imidazole rings is 2. The number of para-hydroxylation sites is 6. The van der Waals surface area contributed by atoms with Gasteiger partial charge in [-0.1, -0.05) is 74.5 Å². The highest BCUT2D eigenvalue weighted by Crippen LogP contribution is 2.48. The standard InChI is InChI=1S/C35H26N6/c1-35(2)24-11-3-8-17-31(24)41-30-19-18-21(20-23(30)22-10-9-12-25(35)32(22)41)40(33-36-26-13-4-5-14-27(26)37-33)34-38-28-15-6-7-16-29(28)39-34/h3-20H,1-2H3,(H,36,37)(H,38,39). The van der Waals surface area contributed by atoms with Crippen LogP contribution in [0.5, 0.6) is 0 Å². The van der Waals surface area contributed by atoms with E-state index < -0.39 is 0 Å². The number of rotatable bonds is 3. The Balaban J connectivity index is 1.34. The fourth-order valence-corrected chi connectivity index (χ4v) is 6.73.